The van der Waals surface area contributed by atoms with Gasteiger partial charge in [-0.2, -0.15) is 0 Å². The average Bonchev–Trinajstić information content (AvgIpc) is 3.36. The first-order chi connectivity index (χ1) is 15.8. The number of aliphatic carboxylic acids is 1. The van der Waals surface area contributed by atoms with Crippen molar-refractivity contribution < 1.29 is 24.2 Å². The third kappa shape index (κ3) is 4.49. The SMILES string of the molecule is C/C(=C\CNC(=O)OCC1c2ccccc2-c2ccccc21)C(=O)N1CCC(C)(C(=O)O)C1. The smallest absolute Gasteiger partial charge is 0.407 e. The Morgan fingerprint density at radius 2 is 1.73 bits per heavy atom. The first kappa shape index (κ1) is 22.6. The standard InChI is InChI=1S/C26H28N2O5/c1-17(23(29)28-14-12-26(2,16-28)24(30)31)11-13-27-25(32)33-15-22-20-9-5-3-7-18(20)19-8-4-6-10-21(19)22/h3-11,22H,12-16H2,1-2H3,(H,27,32)(H,30,31)/b17-11+. The van der Waals surface area contributed by atoms with Gasteiger partial charge in [-0.05, 0) is 42.5 Å². The van der Waals surface area contributed by atoms with Gasteiger partial charge in [0.25, 0.3) is 0 Å². The number of benzene rings is 2. The Morgan fingerprint density at radius 3 is 2.30 bits per heavy atom. The molecule has 1 unspecified atom stereocenters. The fourth-order valence-corrected chi connectivity index (χ4v) is 4.58. The van der Waals surface area contributed by atoms with E-state index in [9.17, 15) is 19.5 Å². The van der Waals surface area contributed by atoms with Crippen LogP contribution in [0, 0.1) is 5.41 Å². The van der Waals surface area contributed by atoms with Crippen LogP contribution < -0.4 is 5.32 Å². The Hall–Kier alpha value is -3.61. The zero-order valence-corrected chi connectivity index (χ0v) is 18.8. The Bertz CT molecular complexity index is 1080. The summed E-state index contributed by atoms with van der Waals surface area (Å²) in [6.07, 6.45) is 1.51. The van der Waals surface area contributed by atoms with Crippen molar-refractivity contribution in [2.75, 3.05) is 26.2 Å². The number of nitrogens with one attached hydrogen (secondary N) is 1. The predicted molar refractivity (Wildman–Crippen MR) is 124 cm³/mol. The molecule has 7 heteroatoms. The van der Waals surface area contributed by atoms with E-state index < -0.39 is 17.5 Å². The molecule has 1 atom stereocenters. The number of ether oxygens (including phenoxy) is 1. The van der Waals surface area contributed by atoms with Gasteiger partial charge in [-0.15, -0.1) is 0 Å². The van der Waals surface area contributed by atoms with E-state index in [1.165, 1.54) is 11.1 Å². The molecule has 7 nitrogen and oxygen atoms in total. The first-order valence-electron chi connectivity index (χ1n) is 11.1. The van der Waals surface area contributed by atoms with Crippen LogP contribution in [-0.2, 0) is 14.3 Å². The van der Waals surface area contributed by atoms with Gasteiger partial charge >= 0.3 is 12.1 Å². The monoisotopic (exact) mass is 448 g/mol. The highest BCUT2D eigenvalue weighted by molar-refractivity contribution is 5.93. The third-order valence-electron chi connectivity index (χ3n) is 6.61. The van der Waals surface area contributed by atoms with Gasteiger partial charge in [0, 0.05) is 31.1 Å². The Balaban J connectivity index is 1.29. The van der Waals surface area contributed by atoms with Crippen molar-refractivity contribution in [3.63, 3.8) is 0 Å². The van der Waals surface area contributed by atoms with Gasteiger partial charge in [0.15, 0.2) is 0 Å². The lowest BCUT2D eigenvalue weighted by molar-refractivity contribution is -0.147. The van der Waals surface area contributed by atoms with Crippen LogP contribution in [0.2, 0.25) is 0 Å². The van der Waals surface area contributed by atoms with E-state index in [-0.39, 0.29) is 31.5 Å². The molecule has 2 N–H and O–H groups in total. The molecule has 1 heterocycles. The molecule has 2 aromatic carbocycles. The van der Waals surface area contributed by atoms with Crippen molar-refractivity contribution in [3.05, 3.63) is 71.3 Å². The second kappa shape index (κ2) is 9.10. The number of fused-ring (bicyclic) bond motifs is 3. The summed E-state index contributed by atoms with van der Waals surface area (Å²) < 4.78 is 5.50. The van der Waals surface area contributed by atoms with Gasteiger partial charge in [0.1, 0.15) is 6.61 Å². The summed E-state index contributed by atoms with van der Waals surface area (Å²) in [6, 6.07) is 16.3. The second-order valence-electron chi connectivity index (χ2n) is 8.94. The van der Waals surface area contributed by atoms with Gasteiger partial charge in [0.2, 0.25) is 5.91 Å². The van der Waals surface area contributed by atoms with Crippen molar-refractivity contribution in [1.29, 1.82) is 0 Å². The maximum Gasteiger partial charge on any atom is 0.407 e. The highest BCUT2D eigenvalue weighted by Crippen LogP contribution is 2.44. The lowest BCUT2D eigenvalue weighted by Gasteiger charge is -2.20. The van der Waals surface area contributed by atoms with Gasteiger partial charge in [-0.25, -0.2) is 4.79 Å². The number of carbonyl (C=O) groups excluding carboxylic acids is 2. The van der Waals surface area contributed by atoms with Crippen LogP contribution in [0.25, 0.3) is 11.1 Å². The fourth-order valence-electron chi connectivity index (χ4n) is 4.58. The quantitative estimate of drug-likeness (QED) is 0.656. The fraction of sp³-hybridized carbons (Fsp3) is 0.346. The van der Waals surface area contributed by atoms with Crippen molar-refractivity contribution >= 4 is 18.0 Å². The van der Waals surface area contributed by atoms with Crippen LogP contribution >= 0.6 is 0 Å². The summed E-state index contributed by atoms with van der Waals surface area (Å²) in [6.45, 7) is 4.29. The van der Waals surface area contributed by atoms with E-state index in [0.29, 0.717) is 18.5 Å². The molecule has 172 valence electrons. The maximum atomic E-state index is 12.6. The van der Waals surface area contributed by atoms with E-state index >= 15 is 0 Å². The summed E-state index contributed by atoms with van der Waals surface area (Å²) in [5.41, 5.74) is 4.18. The van der Waals surface area contributed by atoms with Crippen LogP contribution in [0.1, 0.15) is 37.3 Å². The number of carboxylic acids is 1. The zero-order chi connectivity index (χ0) is 23.6. The summed E-state index contributed by atoms with van der Waals surface area (Å²) in [5.74, 6) is -1.12. The molecule has 2 aromatic rings. The minimum Gasteiger partial charge on any atom is -0.481 e. The number of alkyl carbamates (subject to hydrolysis) is 1. The van der Waals surface area contributed by atoms with E-state index in [1.807, 2.05) is 24.3 Å². The molecule has 33 heavy (non-hydrogen) atoms. The van der Waals surface area contributed by atoms with Crippen molar-refractivity contribution in [1.82, 2.24) is 10.2 Å². The summed E-state index contributed by atoms with van der Waals surface area (Å²) >= 11 is 0. The Kier molecular flexibility index (Phi) is 6.22. The number of likely N-dealkylation sites (tertiary alicyclic amines) is 1. The van der Waals surface area contributed by atoms with E-state index in [1.54, 1.807) is 24.8 Å². The first-order valence-corrected chi connectivity index (χ1v) is 11.1. The largest absolute Gasteiger partial charge is 0.481 e. The molecule has 0 bridgehead atoms. The molecule has 1 fully saturated rings. The van der Waals surface area contributed by atoms with Crippen LogP contribution in [0.5, 0.6) is 0 Å². The normalized spacial score (nSPS) is 19.7. The van der Waals surface area contributed by atoms with Gasteiger partial charge < -0.3 is 20.1 Å². The molecule has 1 saturated heterocycles. The second-order valence-corrected chi connectivity index (χ2v) is 8.94. The Morgan fingerprint density at radius 1 is 1.12 bits per heavy atom. The molecule has 0 radical (unpaired) electrons. The van der Waals surface area contributed by atoms with Gasteiger partial charge in [-0.1, -0.05) is 54.6 Å². The molecule has 4 rings (SSSR count). The molecule has 0 aromatic heterocycles. The minimum absolute atomic E-state index is 0.0132. The average molecular weight is 449 g/mol. The van der Waals surface area contributed by atoms with Gasteiger partial charge in [0.05, 0.1) is 5.41 Å². The summed E-state index contributed by atoms with van der Waals surface area (Å²) in [4.78, 5) is 37.8. The number of hydrogen-bond acceptors (Lipinski definition) is 4. The van der Waals surface area contributed by atoms with Crippen molar-refractivity contribution in [2.24, 2.45) is 5.41 Å². The summed E-state index contributed by atoms with van der Waals surface area (Å²) in [5, 5.41) is 12.0. The highest BCUT2D eigenvalue weighted by atomic mass is 16.5. The maximum absolute atomic E-state index is 12.6. The van der Waals surface area contributed by atoms with E-state index in [0.717, 1.165) is 11.1 Å². The molecule has 1 aliphatic heterocycles. The molecular weight excluding hydrogens is 420 g/mol. The minimum atomic E-state index is -0.907. The van der Waals surface area contributed by atoms with Crippen LogP contribution in [0.4, 0.5) is 4.79 Å². The zero-order valence-electron chi connectivity index (χ0n) is 18.8. The third-order valence-corrected chi connectivity index (χ3v) is 6.61. The van der Waals surface area contributed by atoms with Crippen LogP contribution in [0.3, 0.4) is 0 Å². The van der Waals surface area contributed by atoms with Crippen molar-refractivity contribution in [2.45, 2.75) is 26.2 Å². The van der Waals surface area contributed by atoms with E-state index in [2.05, 4.69) is 29.6 Å². The lowest BCUT2D eigenvalue weighted by atomic mass is 9.90. The lowest BCUT2D eigenvalue weighted by Crippen LogP contribution is -2.35. The number of amides is 2. The van der Waals surface area contributed by atoms with Crippen molar-refractivity contribution in [3.8, 4) is 11.1 Å². The molecule has 2 aliphatic rings. The number of rotatable bonds is 6. The predicted octanol–water partition coefficient (Wildman–Crippen LogP) is 3.79. The molecular formula is C26H28N2O5. The van der Waals surface area contributed by atoms with Crippen LogP contribution in [-0.4, -0.2) is 54.2 Å². The number of carboxylic acid groups (broad SMARTS) is 1. The van der Waals surface area contributed by atoms with Crippen LogP contribution in [0.15, 0.2) is 60.2 Å². The molecule has 0 saturated carbocycles. The Labute approximate surface area is 193 Å². The van der Waals surface area contributed by atoms with Gasteiger partial charge in [-0.3, -0.25) is 9.59 Å². The molecule has 1 aliphatic carbocycles. The highest BCUT2D eigenvalue weighted by Gasteiger charge is 2.42. The van der Waals surface area contributed by atoms with E-state index in [4.69, 9.17) is 4.74 Å². The summed E-state index contributed by atoms with van der Waals surface area (Å²) in [7, 11) is 0. The molecule has 0 spiro atoms. The topological polar surface area (TPSA) is 95.9 Å². The number of nitrogens with zero attached hydrogens (tertiary/aromatic N) is 1. The molecule has 2 amide bonds. The number of carbonyl (C=O) groups is 3. The number of hydrogen-bond donors (Lipinski definition) is 2.